The van der Waals surface area contributed by atoms with Crippen molar-refractivity contribution >= 4 is 39.6 Å². The highest BCUT2D eigenvalue weighted by atomic mass is 79.9. The van der Waals surface area contributed by atoms with Gasteiger partial charge in [-0.15, -0.1) is 0 Å². The lowest BCUT2D eigenvalue weighted by Gasteiger charge is -2.31. The summed E-state index contributed by atoms with van der Waals surface area (Å²) in [4.78, 5) is 15.5. The highest BCUT2D eigenvalue weighted by Crippen LogP contribution is 2.45. The molecule has 9 heteroatoms. The van der Waals surface area contributed by atoms with Crippen molar-refractivity contribution in [2.45, 2.75) is 6.29 Å². The Kier molecular flexibility index (Phi) is 9.52. The number of hydrogen-bond acceptors (Lipinski definition) is 6. The van der Waals surface area contributed by atoms with E-state index in [2.05, 4.69) is 15.9 Å². The third-order valence-corrected chi connectivity index (χ3v) is 9.27. The Bertz CT molecular complexity index is 1130. The number of hydrogen-bond donors (Lipinski definition) is 0. The predicted octanol–water partition coefficient (Wildman–Crippen LogP) is 4.50. The summed E-state index contributed by atoms with van der Waals surface area (Å²) in [6.07, 6.45) is -0.801. The summed E-state index contributed by atoms with van der Waals surface area (Å²) in [6, 6.07) is 21.8. The van der Waals surface area contributed by atoms with E-state index < -0.39 is 19.3 Å². The van der Waals surface area contributed by atoms with E-state index in [0.29, 0.717) is 20.8 Å². The molecular formula is C26H29BrNO6P. The summed E-state index contributed by atoms with van der Waals surface area (Å²) in [5.74, 6) is 0.277. The molecule has 0 aromatic heterocycles. The number of amides is 1. The molecule has 0 heterocycles. The minimum atomic E-state index is -3.28. The minimum Gasteiger partial charge on any atom is -0.493 e. The lowest BCUT2D eigenvalue weighted by molar-refractivity contribution is -0.110. The van der Waals surface area contributed by atoms with E-state index in [1.54, 1.807) is 12.1 Å². The number of nitrogens with zero attached hydrogens (tertiary/aromatic N) is 1. The Balaban J connectivity index is 2.16. The number of halogens is 1. The predicted molar refractivity (Wildman–Crippen MR) is 141 cm³/mol. The van der Waals surface area contributed by atoms with Crippen LogP contribution in [0.4, 0.5) is 0 Å². The van der Waals surface area contributed by atoms with Crippen molar-refractivity contribution in [1.29, 1.82) is 0 Å². The second-order valence-corrected chi connectivity index (χ2v) is 11.3. The Hall–Kier alpha value is -2.64. The fourth-order valence-corrected chi connectivity index (χ4v) is 6.92. The molecule has 0 radical (unpaired) electrons. The van der Waals surface area contributed by atoms with Gasteiger partial charge in [0.1, 0.15) is 0 Å². The summed E-state index contributed by atoms with van der Waals surface area (Å²) >= 11 is 3.48. The molecule has 0 atom stereocenters. The lowest BCUT2D eigenvalue weighted by atomic mass is 10.1. The number of benzene rings is 3. The molecule has 0 saturated carbocycles. The van der Waals surface area contributed by atoms with Gasteiger partial charge in [-0.25, -0.2) is 0 Å². The van der Waals surface area contributed by atoms with Crippen LogP contribution in [0, 0.1) is 0 Å². The van der Waals surface area contributed by atoms with Gasteiger partial charge < -0.3 is 28.4 Å². The zero-order valence-electron chi connectivity index (χ0n) is 20.1. The van der Waals surface area contributed by atoms with Crippen LogP contribution in [0.25, 0.3) is 0 Å². The van der Waals surface area contributed by atoms with Crippen LogP contribution >= 0.6 is 23.1 Å². The molecular weight excluding hydrogens is 533 g/mol. The molecule has 1 amide bonds. The normalized spacial score (nSPS) is 11.4. The van der Waals surface area contributed by atoms with Crippen LogP contribution in [0.1, 0.15) is 10.4 Å². The Morgan fingerprint density at radius 2 is 1.40 bits per heavy atom. The Labute approximate surface area is 214 Å². The number of carbonyl (C=O) groups excluding carboxylic acids is 1. The molecule has 0 spiro atoms. The van der Waals surface area contributed by atoms with Crippen molar-refractivity contribution in [3.63, 3.8) is 0 Å². The van der Waals surface area contributed by atoms with Crippen molar-refractivity contribution < 1.29 is 28.3 Å². The first kappa shape index (κ1) is 27.0. The quantitative estimate of drug-likeness (QED) is 0.253. The molecule has 0 aliphatic rings. The highest BCUT2D eigenvalue weighted by Gasteiger charge is 2.35. The van der Waals surface area contributed by atoms with Crippen LogP contribution in [-0.4, -0.2) is 58.4 Å². The zero-order valence-corrected chi connectivity index (χ0v) is 22.6. The van der Waals surface area contributed by atoms with Gasteiger partial charge in [0.05, 0.1) is 32.6 Å². The van der Waals surface area contributed by atoms with Crippen LogP contribution in [0.2, 0.25) is 0 Å². The maximum atomic E-state index is 14.7. The highest BCUT2D eigenvalue weighted by molar-refractivity contribution is 9.10. The van der Waals surface area contributed by atoms with Gasteiger partial charge >= 0.3 is 0 Å². The SMILES string of the molecule is COc1ccc(Br)c(C(=O)N(CC(OC)OC)CP(=O)(c2ccccc2)c2ccccc2)c1OC. The first-order valence-corrected chi connectivity index (χ1v) is 13.5. The van der Waals surface area contributed by atoms with Gasteiger partial charge in [-0.1, -0.05) is 60.7 Å². The van der Waals surface area contributed by atoms with Gasteiger partial charge in [0.25, 0.3) is 5.91 Å². The molecule has 0 fully saturated rings. The second kappa shape index (κ2) is 12.4. The molecule has 3 rings (SSSR count). The zero-order chi connectivity index (χ0) is 25.4. The van der Waals surface area contributed by atoms with Gasteiger partial charge in [-0.2, -0.15) is 0 Å². The fourth-order valence-electron chi connectivity index (χ4n) is 3.78. The molecule has 0 N–H and O–H groups in total. The third kappa shape index (κ3) is 5.96. The lowest BCUT2D eigenvalue weighted by Crippen LogP contribution is -2.42. The van der Waals surface area contributed by atoms with Crippen molar-refractivity contribution in [3.05, 3.63) is 82.8 Å². The second-order valence-electron chi connectivity index (χ2n) is 7.64. The monoisotopic (exact) mass is 561 g/mol. The van der Waals surface area contributed by atoms with E-state index in [1.165, 1.54) is 33.3 Å². The molecule has 35 heavy (non-hydrogen) atoms. The number of rotatable bonds is 11. The van der Waals surface area contributed by atoms with Crippen molar-refractivity contribution in [1.82, 2.24) is 4.90 Å². The van der Waals surface area contributed by atoms with Gasteiger partial charge in [0.15, 0.2) is 24.9 Å². The first-order valence-electron chi connectivity index (χ1n) is 10.8. The van der Waals surface area contributed by atoms with Gasteiger partial charge in [0.2, 0.25) is 0 Å². The first-order chi connectivity index (χ1) is 16.9. The molecule has 3 aromatic carbocycles. The average molecular weight is 562 g/mol. The summed E-state index contributed by atoms with van der Waals surface area (Å²) in [5, 5.41) is 1.29. The van der Waals surface area contributed by atoms with Crippen LogP contribution in [0.5, 0.6) is 11.5 Å². The van der Waals surface area contributed by atoms with E-state index >= 15 is 0 Å². The maximum Gasteiger partial charge on any atom is 0.259 e. The molecule has 7 nitrogen and oxygen atoms in total. The van der Waals surface area contributed by atoms with E-state index in [0.717, 1.165) is 0 Å². The maximum absolute atomic E-state index is 14.7. The number of ether oxygens (including phenoxy) is 4. The smallest absolute Gasteiger partial charge is 0.259 e. The Morgan fingerprint density at radius 3 is 1.86 bits per heavy atom. The molecule has 186 valence electrons. The molecule has 0 aliphatic heterocycles. The largest absolute Gasteiger partial charge is 0.493 e. The van der Waals surface area contributed by atoms with Crippen molar-refractivity contribution in [3.8, 4) is 11.5 Å². The van der Waals surface area contributed by atoms with Gasteiger partial charge in [0, 0.05) is 29.3 Å². The van der Waals surface area contributed by atoms with E-state index in [-0.39, 0.29) is 24.1 Å². The summed E-state index contributed by atoms with van der Waals surface area (Å²) in [5.41, 5.74) is 0.255. The fraction of sp³-hybridized carbons (Fsp3) is 0.269. The van der Waals surface area contributed by atoms with Crippen LogP contribution in [-0.2, 0) is 14.0 Å². The van der Waals surface area contributed by atoms with E-state index in [4.69, 9.17) is 18.9 Å². The number of carbonyl (C=O) groups is 1. The number of methoxy groups -OCH3 is 4. The van der Waals surface area contributed by atoms with Crippen molar-refractivity contribution in [2.24, 2.45) is 0 Å². The van der Waals surface area contributed by atoms with Gasteiger partial charge in [-0.05, 0) is 28.1 Å². The topological polar surface area (TPSA) is 74.3 Å². The van der Waals surface area contributed by atoms with Crippen LogP contribution in [0.3, 0.4) is 0 Å². The summed E-state index contributed by atoms with van der Waals surface area (Å²) in [7, 11) is 2.68. The molecule has 3 aromatic rings. The molecule has 0 aliphatic carbocycles. The molecule has 0 unspecified atom stereocenters. The van der Waals surface area contributed by atoms with Crippen LogP contribution in [0.15, 0.2) is 77.3 Å². The molecule has 0 bridgehead atoms. The Morgan fingerprint density at radius 1 is 0.857 bits per heavy atom. The summed E-state index contributed by atoms with van der Waals surface area (Å²) in [6.45, 7) is 0.0439. The third-order valence-electron chi connectivity index (χ3n) is 5.61. The average Bonchev–Trinajstić information content (AvgIpc) is 2.91. The van der Waals surface area contributed by atoms with Crippen LogP contribution < -0.4 is 20.1 Å². The van der Waals surface area contributed by atoms with E-state index in [9.17, 15) is 9.36 Å². The summed E-state index contributed by atoms with van der Waals surface area (Å²) < 4.78 is 37.0. The van der Waals surface area contributed by atoms with Crippen molar-refractivity contribution in [2.75, 3.05) is 41.3 Å². The molecule has 0 saturated heterocycles. The minimum absolute atomic E-state index is 0.0439. The van der Waals surface area contributed by atoms with Gasteiger partial charge in [-0.3, -0.25) is 4.79 Å². The standard InChI is InChI=1S/C26H29BrNO6P/c1-31-22-16-15-21(27)24(25(22)34-4)26(29)28(17-23(32-2)33-3)18-35(30,19-11-7-5-8-12-19)20-13-9-6-10-14-20/h5-16,23H,17-18H2,1-4H3. The van der Waals surface area contributed by atoms with E-state index in [1.807, 2.05) is 60.7 Å².